The van der Waals surface area contributed by atoms with Crippen molar-refractivity contribution in [1.82, 2.24) is 4.90 Å². The van der Waals surface area contributed by atoms with Crippen LogP contribution in [0.2, 0.25) is 0 Å². The van der Waals surface area contributed by atoms with Gasteiger partial charge in [0.2, 0.25) is 0 Å². The first-order valence-electron chi connectivity index (χ1n) is 5.11. The number of aryl methyl sites for hydroxylation is 1. The number of aromatic carboxylic acids is 1. The molecule has 0 atom stereocenters. The molecule has 0 spiro atoms. The maximum absolute atomic E-state index is 10.8. The van der Waals surface area contributed by atoms with E-state index in [1.165, 1.54) is 12.8 Å². The minimum Gasteiger partial charge on any atom is -0.478 e. The molecule has 0 unspecified atom stereocenters. The molecule has 0 aliphatic heterocycles. The molecule has 0 bridgehead atoms. The molecule has 1 aromatic rings. The number of carbonyl (C=O) groups is 1. The third-order valence-electron chi connectivity index (χ3n) is 2.77. The van der Waals surface area contributed by atoms with Crippen LogP contribution in [0.4, 0.5) is 0 Å². The third-order valence-corrected chi connectivity index (χ3v) is 2.77. The fourth-order valence-electron chi connectivity index (χ4n) is 1.72. The predicted octanol–water partition coefficient (Wildman–Crippen LogP) is 1.88. The molecule has 1 aliphatic carbocycles. The van der Waals surface area contributed by atoms with Gasteiger partial charge in [0.15, 0.2) is 0 Å². The third kappa shape index (κ3) is 2.21. The van der Waals surface area contributed by atoms with Crippen molar-refractivity contribution in [3.8, 4) is 0 Å². The lowest BCUT2D eigenvalue weighted by molar-refractivity contribution is 0.0695. The van der Waals surface area contributed by atoms with Crippen LogP contribution in [0.15, 0.2) is 10.5 Å². The molecule has 0 amide bonds. The van der Waals surface area contributed by atoms with Gasteiger partial charge in [-0.15, -0.1) is 0 Å². The molecule has 0 radical (unpaired) electrons. The Bertz CT molecular complexity index is 379. The van der Waals surface area contributed by atoms with E-state index in [0.29, 0.717) is 18.3 Å². The van der Waals surface area contributed by atoms with E-state index in [2.05, 4.69) is 4.90 Å². The number of furan rings is 1. The van der Waals surface area contributed by atoms with Gasteiger partial charge in [0.1, 0.15) is 17.1 Å². The fourth-order valence-corrected chi connectivity index (χ4v) is 1.72. The molecule has 15 heavy (non-hydrogen) atoms. The zero-order chi connectivity index (χ0) is 11.0. The summed E-state index contributed by atoms with van der Waals surface area (Å²) >= 11 is 0. The molecule has 4 heteroatoms. The van der Waals surface area contributed by atoms with E-state index in [9.17, 15) is 4.79 Å². The highest BCUT2D eigenvalue weighted by Gasteiger charge is 2.27. The molecular formula is C11H15NO3. The highest BCUT2D eigenvalue weighted by Crippen LogP contribution is 2.27. The van der Waals surface area contributed by atoms with Gasteiger partial charge in [0, 0.05) is 6.04 Å². The Labute approximate surface area is 88.5 Å². The van der Waals surface area contributed by atoms with E-state index in [-0.39, 0.29) is 5.56 Å². The fraction of sp³-hybridized carbons (Fsp3) is 0.545. The summed E-state index contributed by atoms with van der Waals surface area (Å²) in [6.07, 6.45) is 2.48. The number of hydrogen-bond donors (Lipinski definition) is 1. The van der Waals surface area contributed by atoms with Gasteiger partial charge < -0.3 is 9.52 Å². The SMILES string of the molecule is Cc1oc(CN(C)C2CC2)cc1C(=O)O. The summed E-state index contributed by atoms with van der Waals surface area (Å²) < 4.78 is 5.40. The van der Waals surface area contributed by atoms with E-state index in [4.69, 9.17) is 9.52 Å². The molecule has 0 aromatic carbocycles. The van der Waals surface area contributed by atoms with E-state index in [1.54, 1.807) is 13.0 Å². The zero-order valence-corrected chi connectivity index (χ0v) is 8.99. The summed E-state index contributed by atoms with van der Waals surface area (Å²) in [5, 5.41) is 8.86. The van der Waals surface area contributed by atoms with Crippen molar-refractivity contribution >= 4 is 5.97 Å². The van der Waals surface area contributed by atoms with Gasteiger partial charge in [-0.05, 0) is 32.9 Å². The smallest absolute Gasteiger partial charge is 0.339 e. The summed E-state index contributed by atoms with van der Waals surface area (Å²) in [4.78, 5) is 13.0. The molecular weight excluding hydrogens is 194 g/mol. The van der Waals surface area contributed by atoms with Crippen molar-refractivity contribution < 1.29 is 14.3 Å². The Balaban J connectivity index is 2.08. The van der Waals surface area contributed by atoms with Gasteiger partial charge in [0.05, 0.1) is 6.54 Å². The van der Waals surface area contributed by atoms with Gasteiger partial charge in [-0.25, -0.2) is 4.79 Å². The van der Waals surface area contributed by atoms with Gasteiger partial charge in [-0.1, -0.05) is 0 Å². The van der Waals surface area contributed by atoms with Crippen LogP contribution in [-0.4, -0.2) is 29.1 Å². The second kappa shape index (κ2) is 3.70. The lowest BCUT2D eigenvalue weighted by Gasteiger charge is -2.12. The normalized spacial score (nSPS) is 15.9. The van der Waals surface area contributed by atoms with Crippen molar-refractivity contribution in [2.45, 2.75) is 32.4 Å². The summed E-state index contributed by atoms with van der Waals surface area (Å²) in [7, 11) is 2.04. The summed E-state index contributed by atoms with van der Waals surface area (Å²) in [6.45, 7) is 2.38. The Morgan fingerprint density at radius 1 is 1.67 bits per heavy atom. The Kier molecular flexibility index (Phi) is 2.52. The molecule has 1 N–H and O–H groups in total. The second-order valence-corrected chi connectivity index (χ2v) is 4.13. The summed E-state index contributed by atoms with van der Waals surface area (Å²) in [5.41, 5.74) is 0.272. The quantitative estimate of drug-likeness (QED) is 0.822. The lowest BCUT2D eigenvalue weighted by atomic mass is 10.2. The highest BCUT2D eigenvalue weighted by atomic mass is 16.4. The van der Waals surface area contributed by atoms with Crippen molar-refractivity contribution in [2.75, 3.05) is 7.05 Å². The largest absolute Gasteiger partial charge is 0.478 e. The molecule has 0 saturated heterocycles. The van der Waals surface area contributed by atoms with E-state index >= 15 is 0 Å². The van der Waals surface area contributed by atoms with Crippen LogP contribution in [0.5, 0.6) is 0 Å². The van der Waals surface area contributed by atoms with Crippen LogP contribution < -0.4 is 0 Å². The van der Waals surface area contributed by atoms with Crippen LogP contribution in [0, 0.1) is 6.92 Å². The number of rotatable bonds is 4. The minimum absolute atomic E-state index is 0.272. The van der Waals surface area contributed by atoms with Crippen molar-refractivity contribution in [2.24, 2.45) is 0 Å². The van der Waals surface area contributed by atoms with E-state index in [1.807, 2.05) is 7.05 Å². The molecule has 1 fully saturated rings. The standard InChI is InChI=1S/C11H15NO3/c1-7-10(11(13)14)5-9(15-7)6-12(2)8-3-4-8/h5,8H,3-4,6H2,1-2H3,(H,13,14). The van der Waals surface area contributed by atoms with Gasteiger partial charge >= 0.3 is 5.97 Å². The molecule has 1 aromatic heterocycles. The van der Waals surface area contributed by atoms with Gasteiger partial charge in [-0.2, -0.15) is 0 Å². The van der Waals surface area contributed by atoms with Crippen molar-refractivity contribution in [1.29, 1.82) is 0 Å². The average Bonchev–Trinajstić information content (AvgIpc) is 2.91. The van der Waals surface area contributed by atoms with Crippen LogP contribution in [-0.2, 0) is 6.54 Å². The number of carboxylic acids is 1. The zero-order valence-electron chi connectivity index (χ0n) is 8.99. The molecule has 1 saturated carbocycles. The topological polar surface area (TPSA) is 53.7 Å². The van der Waals surface area contributed by atoms with E-state index < -0.39 is 5.97 Å². The molecule has 2 rings (SSSR count). The maximum atomic E-state index is 10.8. The molecule has 1 aliphatic rings. The van der Waals surface area contributed by atoms with Gasteiger partial charge in [-0.3, -0.25) is 4.90 Å². The second-order valence-electron chi connectivity index (χ2n) is 4.13. The Hall–Kier alpha value is -1.29. The number of nitrogens with zero attached hydrogens (tertiary/aromatic N) is 1. The van der Waals surface area contributed by atoms with Crippen LogP contribution in [0.3, 0.4) is 0 Å². The average molecular weight is 209 g/mol. The molecule has 1 heterocycles. The van der Waals surface area contributed by atoms with Crippen LogP contribution >= 0.6 is 0 Å². The first kappa shape index (κ1) is 10.2. The molecule has 82 valence electrons. The maximum Gasteiger partial charge on any atom is 0.339 e. The van der Waals surface area contributed by atoms with Crippen molar-refractivity contribution in [3.63, 3.8) is 0 Å². The van der Waals surface area contributed by atoms with Crippen LogP contribution in [0.25, 0.3) is 0 Å². The first-order chi connectivity index (χ1) is 7.08. The summed E-state index contributed by atoms with van der Waals surface area (Å²) in [5.74, 6) is 0.303. The van der Waals surface area contributed by atoms with Crippen LogP contribution in [0.1, 0.15) is 34.7 Å². The van der Waals surface area contributed by atoms with E-state index in [0.717, 1.165) is 5.76 Å². The highest BCUT2D eigenvalue weighted by molar-refractivity contribution is 5.88. The predicted molar refractivity (Wildman–Crippen MR) is 54.9 cm³/mol. The monoisotopic (exact) mass is 209 g/mol. The lowest BCUT2D eigenvalue weighted by Crippen LogP contribution is -2.19. The Morgan fingerprint density at radius 3 is 2.80 bits per heavy atom. The summed E-state index contributed by atoms with van der Waals surface area (Å²) in [6, 6.07) is 2.28. The molecule has 4 nitrogen and oxygen atoms in total. The number of hydrogen-bond acceptors (Lipinski definition) is 3. The minimum atomic E-state index is -0.920. The number of carboxylic acid groups (broad SMARTS) is 1. The van der Waals surface area contributed by atoms with Crippen molar-refractivity contribution in [3.05, 3.63) is 23.2 Å². The first-order valence-corrected chi connectivity index (χ1v) is 5.11. The van der Waals surface area contributed by atoms with Gasteiger partial charge in [0.25, 0.3) is 0 Å². The Morgan fingerprint density at radius 2 is 2.33 bits per heavy atom.